The number of amides is 1. The van der Waals surface area contributed by atoms with Crippen molar-refractivity contribution in [1.29, 1.82) is 0 Å². The van der Waals surface area contributed by atoms with Crippen LogP contribution in [0.25, 0.3) is 33.2 Å². The Labute approximate surface area is 214 Å². The largest absolute Gasteiger partial charge is 0.497 e. The van der Waals surface area contributed by atoms with Crippen molar-refractivity contribution in [3.05, 3.63) is 94.4 Å². The Kier molecular flexibility index (Phi) is 5.75. The first kappa shape index (κ1) is 23.0. The summed E-state index contributed by atoms with van der Waals surface area (Å²) in [6.45, 7) is 3.20. The number of rotatable bonds is 4. The highest BCUT2D eigenvalue weighted by Gasteiger charge is 2.28. The Bertz CT molecular complexity index is 1680. The van der Waals surface area contributed by atoms with E-state index < -0.39 is 0 Å². The maximum Gasteiger partial charge on any atom is 0.326 e. The van der Waals surface area contributed by atoms with Crippen LogP contribution in [0.5, 0.6) is 5.75 Å². The molecule has 1 N–H and O–H groups in total. The Morgan fingerprint density at radius 1 is 1.00 bits per heavy atom. The fraction of sp³-hybridized carbons (Fsp3) is 0.233. The second-order valence-corrected chi connectivity index (χ2v) is 9.64. The van der Waals surface area contributed by atoms with Gasteiger partial charge in [0.1, 0.15) is 5.75 Å². The molecule has 0 atom stereocenters. The molecule has 186 valence electrons. The monoisotopic (exact) mass is 492 g/mol. The molecule has 0 unspecified atom stereocenters. The fourth-order valence-electron chi connectivity index (χ4n) is 5.36. The van der Waals surface area contributed by atoms with Crippen LogP contribution < -0.4 is 10.4 Å². The minimum atomic E-state index is -0.0919. The summed E-state index contributed by atoms with van der Waals surface area (Å²) in [4.78, 5) is 36.3. The highest BCUT2D eigenvalue weighted by atomic mass is 16.5. The van der Waals surface area contributed by atoms with Crippen LogP contribution in [-0.2, 0) is 0 Å². The molecule has 0 radical (unpaired) electrons. The van der Waals surface area contributed by atoms with E-state index in [9.17, 15) is 9.59 Å². The number of pyridine rings is 1. The summed E-state index contributed by atoms with van der Waals surface area (Å²) in [6.07, 6.45) is 1.45. The molecule has 1 amide bonds. The van der Waals surface area contributed by atoms with Crippen molar-refractivity contribution in [2.45, 2.75) is 25.8 Å². The zero-order valence-electron chi connectivity index (χ0n) is 20.9. The second-order valence-electron chi connectivity index (χ2n) is 9.64. The van der Waals surface area contributed by atoms with Gasteiger partial charge in [-0.1, -0.05) is 23.8 Å². The van der Waals surface area contributed by atoms with Crippen LogP contribution in [-0.4, -0.2) is 45.5 Å². The number of nitrogens with one attached hydrogen (secondary N) is 1. The zero-order chi connectivity index (χ0) is 25.5. The average molecular weight is 493 g/mol. The number of ether oxygens (including phenoxy) is 1. The molecule has 0 saturated carbocycles. The number of fused-ring (bicyclic) bond motifs is 2. The molecular formula is C30H28N4O3. The summed E-state index contributed by atoms with van der Waals surface area (Å²) in [6, 6.07) is 23.5. The quantitative estimate of drug-likeness (QED) is 0.367. The summed E-state index contributed by atoms with van der Waals surface area (Å²) in [5, 5.41) is 0.859. The van der Waals surface area contributed by atoms with E-state index in [1.54, 1.807) is 7.11 Å². The van der Waals surface area contributed by atoms with Crippen molar-refractivity contribution in [2.24, 2.45) is 0 Å². The summed E-state index contributed by atoms with van der Waals surface area (Å²) in [5.74, 6) is 0.770. The number of imidazole rings is 1. The standard InChI is InChI=1S/C30H28N4O3/c1-19-7-12-25-23(17-19)24(18-27(31-25)20-8-10-22(37-2)11-9-20)29(35)33-15-13-21(14-16-33)34-28-6-4-3-5-26(28)32-30(34)36/h3-12,17-18,21H,13-16H2,1-2H3,(H,32,36). The second kappa shape index (κ2) is 9.24. The third-order valence-corrected chi connectivity index (χ3v) is 7.32. The van der Waals surface area contributed by atoms with Gasteiger partial charge in [0, 0.05) is 30.1 Å². The summed E-state index contributed by atoms with van der Waals surface area (Å²) < 4.78 is 7.14. The summed E-state index contributed by atoms with van der Waals surface area (Å²) in [7, 11) is 1.64. The SMILES string of the molecule is COc1ccc(-c2cc(C(=O)N3CCC(n4c(=O)[nH]c5ccccc54)CC3)c3cc(C)ccc3n2)cc1. The highest BCUT2D eigenvalue weighted by Crippen LogP contribution is 2.30. The fourth-order valence-corrected chi connectivity index (χ4v) is 5.36. The van der Waals surface area contributed by atoms with E-state index in [2.05, 4.69) is 4.98 Å². The summed E-state index contributed by atoms with van der Waals surface area (Å²) in [5.41, 5.74) is 5.87. The molecule has 1 aliphatic heterocycles. The number of carbonyl (C=O) groups is 1. The lowest BCUT2D eigenvalue weighted by atomic mass is 9.99. The Morgan fingerprint density at radius 2 is 1.76 bits per heavy atom. The third-order valence-electron chi connectivity index (χ3n) is 7.32. The molecule has 6 rings (SSSR count). The number of hydrogen-bond donors (Lipinski definition) is 1. The number of aromatic amines is 1. The maximum absolute atomic E-state index is 13.9. The van der Waals surface area contributed by atoms with Crippen LogP contribution in [0, 0.1) is 6.92 Å². The molecule has 3 aromatic carbocycles. The molecule has 2 aromatic heterocycles. The molecule has 7 nitrogen and oxygen atoms in total. The van der Waals surface area contributed by atoms with Crippen molar-refractivity contribution >= 4 is 27.8 Å². The van der Waals surface area contributed by atoms with E-state index in [0.29, 0.717) is 18.7 Å². The van der Waals surface area contributed by atoms with Gasteiger partial charge >= 0.3 is 5.69 Å². The third kappa shape index (κ3) is 4.16. The van der Waals surface area contributed by atoms with Crippen LogP contribution in [0.15, 0.2) is 77.6 Å². The summed E-state index contributed by atoms with van der Waals surface area (Å²) >= 11 is 0. The Hall–Kier alpha value is -4.39. The van der Waals surface area contributed by atoms with Crippen LogP contribution >= 0.6 is 0 Å². The molecule has 1 saturated heterocycles. The number of aryl methyl sites for hydroxylation is 1. The van der Waals surface area contributed by atoms with E-state index in [1.807, 2.05) is 89.2 Å². The van der Waals surface area contributed by atoms with Gasteiger partial charge in [-0.3, -0.25) is 9.36 Å². The van der Waals surface area contributed by atoms with Gasteiger partial charge in [0.25, 0.3) is 5.91 Å². The van der Waals surface area contributed by atoms with Gasteiger partial charge < -0.3 is 14.6 Å². The first-order chi connectivity index (χ1) is 18.0. The number of para-hydroxylation sites is 2. The predicted molar refractivity (Wildman–Crippen MR) is 145 cm³/mol. The minimum Gasteiger partial charge on any atom is -0.497 e. The van der Waals surface area contributed by atoms with Gasteiger partial charge in [0.05, 0.1) is 34.9 Å². The molecule has 37 heavy (non-hydrogen) atoms. The number of nitrogens with zero attached hydrogens (tertiary/aromatic N) is 3. The lowest BCUT2D eigenvalue weighted by Crippen LogP contribution is -2.40. The van der Waals surface area contributed by atoms with Crippen LogP contribution in [0.3, 0.4) is 0 Å². The lowest BCUT2D eigenvalue weighted by molar-refractivity contribution is 0.0697. The molecule has 3 heterocycles. The number of benzene rings is 3. The van der Waals surface area contributed by atoms with Gasteiger partial charge in [-0.2, -0.15) is 0 Å². The van der Waals surface area contributed by atoms with Crippen molar-refractivity contribution in [3.8, 4) is 17.0 Å². The van der Waals surface area contributed by atoms with Crippen LogP contribution in [0.4, 0.5) is 0 Å². The van der Waals surface area contributed by atoms with Crippen LogP contribution in [0.1, 0.15) is 34.8 Å². The van der Waals surface area contributed by atoms with Crippen molar-refractivity contribution in [3.63, 3.8) is 0 Å². The highest BCUT2D eigenvalue weighted by molar-refractivity contribution is 6.07. The Balaban J connectivity index is 1.31. The Morgan fingerprint density at radius 3 is 2.51 bits per heavy atom. The number of H-pyrrole nitrogens is 1. The normalized spacial score (nSPS) is 14.4. The minimum absolute atomic E-state index is 0.00233. The topological polar surface area (TPSA) is 80.2 Å². The average Bonchev–Trinajstić information content (AvgIpc) is 3.28. The molecule has 7 heteroatoms. The first-order valence-electron chi connectivity index (χ1n) is 12.6. The first-order valence-corrected chi connectivity index (χ1v) is 12.6. The van der Waals surface area contributed by atoms with E-state index in [4.69, 9.17) is 9.72 Å². The molecule has 0 aliphatic carbocycles. The molecule has 0 spiro atoms. The lowest BCUT2D eigenvalue weighted by Gasteiger charge is -2.33. The van der Waals surface area contributed by atoms with Gasteiger partial charge in [0.2, 0.25) is 0 Å². The number of hydrogen-bond acceptors (Lipinski definition) is 4. The van der Waals surface area contributed by atoms with Gasteiger partial charge in [0.15, 0.2) is 0 Å². The van der Waals surface area contributed by atoms with E-state index in [0.717, 1.165) is 57.3 Å². The number of aromatic nitrogens is 3. The molecular weight excluding hydrogens is 464 g/mol. The number of methoxy groups -OCH3 is 1. The van der Waals surface area contributed by atoms with E-state index in [-0.39, 0.29) is 17.6 Å². The number of likely N-dealkylation sites (tertiary alicyclic amines) is 1. The van der Waals surface area contributed by atoms with E-state index >= 15 is 0 Å². The molecule has 0 bridgehead atoms. The van der Waals surface area contributed by atoms with Gasteiger partial charge in [-0.05, 0) is 74.4 Å². The molecule has 5 aromatic rings. The predicted octanol–water partition coefficient (Wildman–Crippen LogP) is 5.34. The number of piperidine rings is 1. The van der Waals surface area contributed by atoms with Crippen molar-refractivity contribution in [1.82, 2.24) is 19.4 Å². The molecule has 1 aliphatic rings. The van der Waals surface area contributed by atoms with E-state index in [1.165, 1.54) is 0 Å². The van der Waals surface area contributed by atoms with Crippen molar-refractivity contribution < 1.29 is 9.53 Å². The van der Waals surface area contributed by atoms with Crippen LogP contribution in [0.2, 0.25) is 0 Å². The maximum atomic E-state index is 13.9. The molecule has 1 fully saturated rings. The smallest absolute Gasteiger partial charge is 0.326 e. The zero-order valence-corrected chi connectivity index (χ0v) is 20.9. The number of carbonyl (C=O) groups excluding carboxylic acids is 1. The van der Waals surface area contributed by atoms with Gasteiger partial charge in [-0.15, -0.1) is 0 Å². The van der Waals surface area contributed by atoms with Gasteiger partial charge in [-0.25, -0.2) is 9.78 Å². The van der Waals surface area contributed by atoms with Crippen molar-refractivity contribution in [2.75, 3.05) is 20.2 Å².